The molecule has 2 aliphatic rings. The van der Waals surface area contributed by atoms with Gasteiger partial charge in [-0.05, 0) is 18.9 Å². The van der Waals surface area contributed by atoms with Crippen molar-refractivity contribution in [3.8, 4) is 5.75 Å². The Balaban J connectivity index is 1.72. The standard InChI is InChI=1S/C16H23NO2/c18-13-16(7-3-4-8-16)12-17-9-10-19-15-6-2-1-5-14(15)11-17/h1-2,5-6,18H,3-4,7-13H2. The normalized spacial score (nSPS) is 22.6. The lowest BCUT2D eigenvalue weighted by Gasteiger charge is -2.33. The average Bonchev–Trinajstić information content (AvgIpc) is 2.80. The quantitative estimate of drug-likeness (QED) is 0.907. The molecule has 0 saturated heterocycles. The first kappa shape index (κ1) is 12.9. The molecule has 0 radical (unpaired) electrons. The molecule has 0 unspecified atom stereocenters. The summed E-state index contributed by atoms with van der Waals surface area (Å²) < 4.78 is 5.81. The second-order valence-electron chi connectivity index (χ2n) is 6.03. The van der Waals surface area contributed by atoms with Gasteiger partial charge in [0.2, 0.25) is 0 Å². The van der Waals surface area contributed by atoms with E-state index in [1.807, 2.05) is 6.07 Å². The maximum atomic E-state index is 9.75. The molecule has 0 atom stereocenters. The minimum Gasteiger partial charge on any atom is -0.492 e. The molecule has 3 rings (SSSR count). The molecular weight excluding hydrogens is 238 g/mol. The van der Waals surface area contributed by atoms with Crippen LogP contribution in [0.2, 0.25) is 0 Å². The van der Waals surface area contributed by atoms with Crippen molar-refractivity contribution < 1.29 is 9.84 Å². The summed E-state index contributed by atoms with van der Waals surface area (Å²) in [6.07, 6.45) is 4.87. The first-order valence-electron chi connectivity index (χ1n) is 7.35. The first-order chi connectivity index (χ1) is 9.31. The fraction of sp³-hybridized carbons (Fsp3) is 0.625. The molecule has 0 spiro atoms. The van der Waals surface area contributed by atoms with Crippen molar-refractivity contribution >= 4 is 0 Å². The number of fused-ring (bicyclic) bond motifs is 1. The lowest BCUT2D eigenvalue weighted by atomic mass is 9.86. The zero-order valence-electron chi connectivity index (χ0n) is 11.5. The number of para-hydroxylation sites is 1. The second-order valence-corrected chi connectivity index (χ2v) is 6.03. The lowest BCUT2D eigenvalue weighted by Crippen LogP contribution is -2.39. The summed E-state index contributed by atoms with van der Waals surface area (Å²) >= 11 is 0. The zero-order valence-corrected chi connectivity index (χ0v) is 11.5. The third-order valence-electron chi connectivity index (χ3n) is 4.59. The van der Waals surface area contributed by atoms with Gasteiger partial charge in [-0.15, -0.1) is 0 Å². The summed E-state index contributed by atoms with van der Waals surface area (Å²) in [4.78, 5) is 2.45. The summed E-state index contributed by atoms with van der Waals surface area (Å²) in [5.41, 5.74) is 1.41. The van der Waals surface area contributed by atoms with Gasteiger partial charge in [-0.3, -0.25) is 4.90 Å². The Morgan fingerprint density at radius 2 is 2.00 bits per heavy atom. The number of hydrogen-bond acceptors (Lipinski definition) is 3. The molecule has 1 heterocycles. The smallest absolute Gasteiger partial charge is 0.123 e. The Bertz CT molecular complexity index is 427. The largest absolute Gasteiger partial charge is 0.492 e. The van der Waals surface area contributed by atoms with E-state index in [1.165, 1.54) is 31.2 Å². The van der Waals surface area contributed by atoms with E-state index < -0.39 is 0 Å². The van der Waals surface area contributed by atoms with Crippen molar-refractivity contribution in [2.75, 3.05) is 26.3 Å². The van der Waals surface area contributed by atoms with Crippen LogP contribution in [0.25, 0.3) is 0 Å². The Labute approximate surface area is 115 Å². The van der Waals surface area contributed by atoms with Crippen molar-refractivity contribution in [3.05, 3.63) is 29.8 Å². The van der Waals surface area contributed by atoms with Crippen LogP contribution in [0.15, 0.2) is 24.3 Å². The predicted octanol–water partition coefficient (Wildman–Crippen LogP) is 2.43. The number of rotatable bonds is 3. The Morgan fingerprint density at radius 3 is 2.79 bits per heavy atom. The van der Waals surface area contributed by atoms with Crippen LogP contribution < -0.4 is 4.74 Å². The number of ether oxygens (including phenoxy) is 1. The molecule has 0 aromatic heterocycles. The van der Waals surface area contributed by atoms with Crippen LogP contribution in [0.1, 0.15) is 31.2 Å². The van der Waals surface area contributed by atoms with Gasteiger partial charge in [0.25, 0.3) is 0 Å². The molecule has 1 aliphatic carbocycles. The molecule has 1 aromatic carbocycles. The van der Waals surface area contributed by atoms with Gasteiger partial charge in [0.1, 0.15) is 12.4 Å². The minimum absolute atomic E-state index is 0.138. The van der Waals surface area contributed by atoms with Gasteiger partial charge in [0.05, 0.1) is 0 Å². The number of benzene rings is 1. The third kappa shape index (κ3) is 2.77. The zero-order chi connectivity index (χ0) is 13.1. The van der Waals surface area contributed by atoms with E-state index in [9.17, 15) is 5.11 Å². The van der Waals surface area contributed by atoms with Crippen LogP contribution in [0.4, 0.5) is 0 Å². The SMILES string of the molecule is OCC1(CN2CCOc3ccccc3C2)CCCC1. The third-order valence-corrected chi connectivity index (χ3v) is 4.59. The summed E-state index contributed by atoms with van der Waals surface area (Å²) in [5.74, 6) is 1.02. The maximum absolute atomic E-state index is 9.75. The highest BCUT2D eigenvalue weighted by Crippen LogP contribution is 2.39. The molecule has 1 N–H and O–H groups in total. The van der Waals surface area contributed by atoms with Crippen LogP contribution in [0.5, 0.6) is 5.75 Å². The number of aliphatic hydroxyl groups is 1. The lowest BCUT2D eigenvalue weighted by molar-refractivity contribution is 0.0723. The molecule has 3 heteroatoms. The van der Waals surface area contributed by atoms with E-state index in [4.69, 9.17) is 4.74 Å². The van der Waals surface area contributed by atoms with Crippen LogP contribution in [0, 0.1) is 5.41 Å². The molecule has 1 aliphatic heterocycles. The second kappa shape index (κ2) is 5.51. The van der Waals surface area contributed by atoms with Crippen molar-refractivity contribution in [2.45, 2.75) is 32.2 Å². The Hall–Kier alpha value is -1.06. The first-order valence-corrected chi connectivity index (χ1v) is 7.35. The fourth-order valence-corrected chi connectivity index (χ4v) is 3.48. The Kier molecular flexibility index (Phi) is 3.76. The van der Waals surface area contributed by atoms with Crippen LogP contribution in [0.3, 0.4) is 0 Å². The highest BCUT2D eigenvalue weighted by molar-refractivity contribution is 5.33. The van der Waals surface area contributed by atoms with Gasteiger partial charge >= 0.3 is 0 Å². The van der Waals surface area contributed by atoms with E-state index in [1.54, 1.807) is 0 Å². The molecule has 0 bridgehead atoms. The molecular formula is C16H23NO2. The number of aliphatic hydroxyl groups excluding tert-OH is 1. The van der Waals surface area contributed by atoms with E-state index in [2.05, 4.69) is 23.1 Å². The van der Waals surface area contributed by atoms with Crippen molar-refractivity contribution in [3.63, 3.8) is 0 Å². The molecule has 104 valence electrons. The van der Waals surface area contributed by atoms with Crippen molar-refractivity contribution in [2.24, 2.45) is 5.41 Å². The van der Waals surface area contributed by atoms with Gasteiger partial charge in [0.15, 0.2) is 0 Å². The Morgan fingerprint density at radius 1 is 1.21 bits per heavy atom. The summed E-state index contributed by atoms with van der Waals surface area (Å²) in [6, 6.07) is 8.30. The summed E-state index contributed by atoms with van der Waals surface area (Å²) in [7, 11) is 0. The maximum Gasteiger partial charge on any atom is 0.123 e. The van der Waals surface area contributed by atoms with Crippen LogP contribution in [-0.4, -0.2) is 36.3 Å². The van der Waals surface area contributed by atoms with E-state index in [0.717, 1.165) is 32.0 Å². The number of hydrogen-bond donors (Lipinski definition) is 1. The van der Waals surface area contributed by atoms with E-state index in [-0.39, 0.29) is 5.41 Å². The topological polar surface area (TPSA) is 32.7 Å². The van der Waals surface area contributed by atoms with Crippen LogP contribution >= 0.6 is 0 Å². The molecule has 1 saturated carbocycles. The summed E-state index contributed by atoms with van der Waals surface area (Å²) in [6.45, 7) is 3.97. The monoisotopic (exact) mass is 261 g/mol. The van der Waals surface area contributed by atoms with E-state index >= 15 is 0 Å². The number of nitrogens with zero attached hydrogens (tertiary/aromatic N) is 1. The predicted molar refractivity (Wildman–Crippen MR) is 75.2 cm³/mol. The fourth-order valence-electron chi connectivity index (χ4n) is 3.48. The average molecular weight is 261 g/mol. The van der Waals surface area contributed by atoms with Gasteiger partial charge in [-0.25, -0.2) is 0 Å². The minimum atomic E-state index is 0.138. The van der Waals surface area contributed by atoms with Gasteiger partial charge < -0.3 is 9.84 Å². The summed E-state index contributed by atoms with van der Waals surface area (Å²) in [5, 5.41) is 9.75. The van der Waals surface area contributed by atoms with Gasteiger partial charge in [0, 0.05) is 37.2 Å². The molecule has 1 fully saturated rings. The van der Waals surface area contributed by atoms with Crippen LogP contribution in [-0.2, 0) is 6.54 Å². The molecule has 0 amide bonds. The van der Waals surface area contributed by atoms with Crippen molar-refractivity contribution in [1.29, 1.82) is 0 Å². The molecule has 1 aromatic rings. The van der Waals surface area contributed by atoms with Crippen molar-refractivity contribution in [1.82, 2.24) is 4.90 Å². The molecule has 3 nitrogen and oxygen atoms in total. The van der Waals surface area contributed by atoms with Gasteiger partial charge in [-0.2, -0.15) is 0 Å². The molecule has 19 heavy (non-hydrogen) atoms. The van der Waals surface area contributed by atoms with E-state index in [0.29, 0.717) is 6.61 Å². The highest BCUT2D eigenvalue weighted by atomic mass is 16.5. The van der Waals surface area contributed by atoms with Gasteiger partial charge in [-0.1, -0.05) is 31.0 Å². The highest BCUT2D eigenvalue weighted by Gasteiger charge is 2.35.